The van der Waals surface area contributed by atoms with Gasteiger partial charge in [-0.15, -0.1) is 0 Å². The van der Waals surface area contributed by atoms with Gasteiger partial charge in [0.25, 0.3) is 5.91 Å². The van der Waals surface area contributed by atoms with Gasteiger partial charge in [-0.1, -0.05) is 12.8 Å². The van der Waals surface area contributed by atoms with Crippen molar-refractivity contribution in [1.29, 1.82) is 0 Å². The van der Waals surface area contributed by atoms with E-state index >= 15 is 4.39 Å². The molecule has 4 rings (SSSR count). The Hall–Kier alpha value is -2.84. The Morgan fingerprint density at radius 3 is 2.75 bits per heavy atom. The van der Waals surface area contributed by atoms with Crippen molar-refractivity contribution in [2.75, 3.05) is 31.2 Å². The van der Waals surface area contributed by atoms with Gasteiger partial charge in [0, 0.05) is 36.7 Å². The number of rotatable bonds is 5. The quantitative estimate of drug-likeness (QED) is 0.743. The number of nitrogens with zero attached hydrogens (tertiary/aromatic N) is 3. The van der Waals surface area contributed by atoms with Crippen LogP contribution >= 0.6 is 0 Å². The number of amides is 1. The van der Waals surface area contributed by atoms with Gasteiger partial charge in [-0.3, -0.25) is 14.8 Å². The van der Waals surface area contributed by atoms with Gasteiger partial charge < -0.3 is 20.1 Å². The maximum atomic E-state index is 15.1. The van der Waals surface area contributed by atoms with Crippen molar-refractivity contribution >= 4 is 23.5 Å². The number of anilines is 1. The average molecular weight is 441 g/mol. The number of ether oxygens (including phenoxy) is 1. The highest BCUT2D eigenvalue weighted by Crippen LogP contribution is 2.25. The summed E-state index contributed by atoms with van der Waals surface area (Å²) in [5.74, 6) is -0.757. The fourth-order valence-electron chi connectivity index (χ4n) is 4.12. The molecule has 170 valence electrons. The van der Waals surface area contributed by atoms with Gasteiger partial charge in [0.05, 0.1) is 42.8 Å². The Balaban J connectivity index is 1.52. The van der Waals surface area contributed by atoms with E-state index in [1.807, 2.05) is 0 Å². The van der Waals surface area contributed by atoms with Crippen molar-refractivity contribution in [3.8, 4) is 0 Å². The van der Waals surface area contributed by atoms with Crippen LogP contribution in [0.3, 0.4) is 0 Å². The summed E-state index contributed by atoms with van der Waals surface area (Å²) in [6, 6.07) is 3.14. The third-order valence-electron chi connectivity index (χ3n) is 6.09. The van der Waals surface area contributed by atoms with Crippen molar-refractivity contribution in [2.24, 2.45) is 0 Å². The largest absolute Gasteiger partial charge is 0.391 e. The van der Waals surface area contributed by atoms with Crippen LogP contribution in [0.25, 0.3) is 11.9 Å². The minimum absolute atomic E-state index is 0.262. The minimum Gasteiger partial charge on any atom is -0.391 e. The van der Waals surface area contributed by atoms with Gasteiger partial charge >= 0.3 is 0 Å². The summed E-state index contributed by atoms with van der Waals surface area (Å²) >= 11 is 0. The molecule has 7 nitrogen and oxygen atoms in total. The molecule has 0 aromatic carbocycles. The third-order valence-corrected chi connectivity index (χ3v) is 6.09. The first-order valence-electron chi connectivity index (χ1n) is 11.1. The van der Waals surface area contributed by atoms with E-state index in [0.29, 0.717) is 42.0 Å². The molecule has 2 fully saturated rings. The number of aliphatic hydroxyl groups is 1. The fourth-order valence-corrected chi connectivity index (χ4v) is 4.12. The molecule has 2 N–H and O–H groups in total. The van der Waals surface area contributed by atoms with E-state index in [2.05, 4.69) is 20.2 Å². The van der Waals surface area contributed by atoms with E-state index in [0.717, 1.165) is 38.0 Å². The number of aryl methyl sites for hydroxylation is 1. The number of hydrogen-bond acceptors (Lipinski definition) is 6. The second-order valence-corrected chi connectivity index (χ2v) is 8.35. The van der Waals surface area contributed by atoms with Gasteiger partial charge in [0.1, 0.15) is 5.83 Å². The van der Waals surface area contributed by atoms with E-state index in [1.54, 1.807) is 25.3 Å². The Morgan fingerprint density at radius 1 is 1.19 bits per heavy atom. The zero-order valence-corrected chi connectivity index (χ0v) is 18.3. The van der Waals surface area contributed by atoms with Crippen molar-refractivity contribution in [3.05, 3.63) is 53.1 Å². The number of aliphatic hydroxyl groups excluding tert-OH is 1. The SMILES string of the molecule is Cc1ncc(C(=O)N[C@H]2CCCC[C@@H]2O)cc1/C=C(\F)c1cncc(N2CCOCC2)c1. The first kappa shape index (κ1) is 22.4. The standard InChI is InChI=1S/C24H29FN4O3/c1-16-17(10-19(14-27-16)24(31)28-22-4-2-3-5-23(22)30)12-21(25)18-11-20(15-26-13-18)29-6-8-32-9-7-29/h10-15,22-23,30H,2-9H2,1H3,(H,28,31)/b21-12-/t22-,23-/m0/s1. The molecule has 32 heavy (non-hydrogen) atoms. The fraction of sp³-hybridized carbons (Fsp3) is 0.458. The molecular formula is C24H29FN4O3. The van der Waals surface area contributed by atoms with E-state index in [9.17, 15) is 9.90 Å². The van der Waals surface area contributed by atoms with Crippen LogP contribution < -0.4 is 10.2 Å². The number of hydrogen-bond donors (Lipinski definition) is 2. The molecule has 0 unspecified atom stereocenters. The Bertz CT molecular complexity index is 991. The molecular weight excluding hydrogens is 411 g/mol. The van der Waals surface area contributed by atoms with E-state index in [1.165, 1.54) is 18.5 Å². The summed E-state index contributed by atoms with van der Waals surface area (Å²) in [5, 5.41) is 13.0. The number of carbonyl (C=O) groups excluding carboxylic acids is 1. The lowest BCUT2D eigenvalue weighted by molar-refractivity contribution is 0.0717. The number of halogens is 1. The van der Waals surface area contributed by atoms with E-state index in [4.69, 9.17) is 4.74 Å². The van der Waals surface area contributed by atoms with Crippen LogP contribution in [-0.2, 0) is 4.74 Å². The summed E-state index contributed by atoms with van der Waals surface area (Å²) in [6.07, 6.45) is 8.92. The maximum absolute atomic E-state index is 15.1. The molecule has 2 aliphatic rings. The average Bonchev–Trinajstić information content (AvgIpc) is 2.82. The van der Waals surface area contributed by atoms with Crippen LogP contribution in [-0.4, -0.2) is 59.4 Å². The molecule has 0 radical (unpaired) electrons. The molecule has 8 heteroatoms. The normalized spacial score (nSPS) is 22.0. The predicted octanol–water partition coefficient (Wildman–Crippen LogP) is 3.12. The molecule has 1 aliphatic carbocycles. The van der Waals surface area contributed by atoms with Gasteiger partial charge in [-0.05, 0) is 43.5 Å². The molecule has 3 heterocycles. The van der Waals surface area contributed by atoms with Crippen LogP contribution in [0, 0.1) is 6.92 Å². The Morgan fingerprint density at radius 2 is 1.97 bits per heavy atom. The maximum Gasteiger partial charge on any atom is 0.253 e. The summed E-state index contributed by atoms with van der Waals surface area (Å²) in [5.41, 5.74) is 2.70. The number of carbonyl (C=O) groups is 1. The second-order valence-electron chi connectivity index (χ2n) is 8.35. The first-order chi connectivity index (χ1) is 15.5. The van der Waals surface area contributed by atoms with Crippen molar-refractivity contribution in [2.45, 2.75) is 44.8 Å². The van der Waals surface area contributed by atoms with Crippen LogP contribution in [0.5, 0.6) is 0 Å². The third kappa shape index (κ3) is 5.31. The number of pyridine rings is 2. The van der Waals surface area contributed by atoms with Crippen LogP contribution in [0.4, 0.5) is 10.1 Å². The summed E-state index contributed by atoms with van der Waals surface area (Å²) in [7, 11) is 0. The van der Waals surface area contributed by atoms with Crippen molar-refractivity contribution in [1.82, 2.24) is 15.3 Å². The lowest BCUT2D eigenvalue weighted by Crippen LogP contribution is -2.45. The predicted molar refractivity (Wildman–Crippen MR) is 121 cm³/mol. The summed E-state index contributed by atoms with van der Waals surface area (Å²) < 4.78 is 20.5. The molecule has 2 atom stereocenters. The van der Waals surface area contributed by atoms with E-state index in [-0.39, 0.29) is 11.9 Å². The summed E-state index contributed by atoms with van der Waals surface area (Å²) in [4.78, 5) is 23.3. The highest BCUT2D eigenvalue weighted by atomic mass is 19.1. The molecule has 0 bridgehead atoms. The van der Waals surface area contributed by atoms with Gasteiger partial charge in [-0.2, -0.15) is 0 Å². The molecule has 2 aromatic rings. The smallest absolute Gasteiger partial charge is 0.253 e. The van der Waals surface area contributed by atoms with Gasteiger partial charge in [0.2, 0.25) is 0 Å². The lowest BCUT2D eigenvalue weighted by Gasteiger charge is -2.28. The summed E-state index contributed by atoms with van der Waals surface area (Å²) in [6.45, 7) is 4.53. The van der Waals surface area contributed by atoms with Crippen LogP contribution in [0.2, 0.25) is 0 Å². The monoisotopic (exact) mass is 440 g/mol. The number of aromatic nitrogens is 2. The first-order valence-corrected chi connectivity index (χ1v) is 11.1. The minimum atomic E-state index is -0.533. The number of nitrogens with one attached hydrogen (secondary N) is 1. The molecule has 1 saturated carbocycles. The van der Waals surface area contributed by atoms with Gasteiger partial charge in [0.15, 0.2) is 0 Å². The topological polar surface area (TPSA) is 87.6 Å². The highest BCUT2D eigenvalue weighted by molar-refractivity contribution is 5.95. The molecule has 1 amide bonds. The molecule has 0 spiro atoms. The molecule has 2 aromatic heterocycles. The zero-order valence-electron chi connectivity index (χ0n) is 18.3. The van der Waals surface area contributed by atoms with Crippen molar-refractivity contribution in [3.63, 3.8) is 0 Å². The van der Waals surface area contributed by atoms with E-state index < -0.39 is 11.9 Å². The number of morpholine rings is 1. The van der Waals surface area contributed by atoms with Gasteiger partial charge in [-0.25, -0.2) is 4.39 Å². The molecule has 1 aliphatic heterocycles. The van der Waals surface area contributed by atoms with Crippen LogP contribution in [0.1, 0.15) is 52.9 Å². The van der Waals surface area contributed by atoms with Crippen LogP contribution in [0.15, 0.2) is 30.7 Å². The second kappa shape index (κ2) is 10.2. The lowest BCUT2D eigenvalue weighted by atomic mass is 9.92. The zero-order chi connectivity index (χ0) is 22.5. The highest BCUT2D eigenvalue weighted by Gasteiger charge is 2.25. The Kier molecular flexibility index (Phi) is 7.12. The Labute approximate surface area is 187 Å². The van der Waals surface area contributed by atoms with Crippen molar-refractivity contribution < 1.29 is 19.0 Å². The molecule has 1 saturated heterocycles.